The van der Waals surface area contributed by atoms with Crippen molar-refractivity contribution < 1.29 is 9.53 Å². The van der Waals surface area contributed by atoms with Crippen LogP contribution in [0.4, 0.5) is 0 Å². The zero-order valence-corrected chi connectivity index (χ0v) is 16.0. The maximum absolute atomic E-state index is 12.0. The normalized spacial score (nSPS) is 24.6. The van der Waals surface area contributed by atoms with E-state index in [2.05, 4.69) is 21.2 Å². The smallest absolute Gasteiger partial charge is 0.254 e. The predicted molar refractivity (Wildman–Crippen MR) is 97.6 cm³/mol. The average molecular weight is 421 g/mol. The summed E-state index contributed by atoms with van der Waals surface area (Å²) in [7, 11) is 1.70. The summed E-state index contributed by atoms with van der Waals surface area (Å²) < 4.78 is 8.23. The maximum Gasteiger partial charge on any atom is 0.254 e. The molecule has 1 aromatic heterocycles. The molecule has 134 valence electrons. The van der Waals surface area contributed by atoms with Crippen molar-refractivity contribution >= 4 is 34.2 Å². The van der Waals surface area contributed by atoms with Crippen LogP contribution in [-0.4, -0.2) is 28.2 Å². The molecule has 0 atom stereocenters. The van der Waals surface area contributed by atoms with E-state index in [1.54, 1.807) is 13.2 Å². The lowest BCUT2D eigenvalue weighted by atomic mass is 9.92. The van der Waals surface area contributed by atoms with E-state index in [0.717, 1.165) is 43.0 Å². The molecule has 2 aliphatic rings. The Morgan fingerprint density at radius 3 is 2.58 bits per heavy atom. The fraction of sp³-hybridized carbons (Fsp3) is 0.625. The minimum atomic E-state index is -0.609. The zero-order valence-electron chi connectivity index (χ0n) is 13.6. The van der Waals surface area contributed by atoms with Crippen LogP contribution in [0.2, 0.25) is 0 Å². The molecule has 6 nitrogen and oxygen atoms in total. The topological polar surface area (TPSA) is 86.3 Å². The molecule has 3 N–H and O–H groups in total. The first kappa shape index (κ1) is 19.3. The van der Waals surface area contributed by atoms with Crippen LogP contribution in [0.3, 0.4) is 0 Å². The molecule has 8 heteroatoms. The third kappa shape index (κ3) is 4.32. The van der Waals surface area contributed by atoms with Gasteiger partial charge in [0.1, 0.15) is 5.75 Å². The van der Waals surface area contributed by atoms with Gasteiger partial charge in [-0.3, -0.25) is 9.59 Å². The predicted octanol–water partition coefficient (Wildman–Crippen LogP) is 1.87. The van der Waals surface area contributed by atoms with E-state index in [1.165, 1.54) is 10.6 Å². The average Bonchev–Trinajstić information content (AvgIpc) is 3.26. The highest BCUT2D eigenvalue weighted by Gasteiger charge is 2.46. The lowest BCUT2D eigenvalue weighted by Gasteiger charge is -2.30. The Bertz CT molecular complexity index is 667. The van der Waals surface area contributed by atoms with Crippen molar-refractivity contribution in [3.63, 3.8) is 0 Å². The van der Waals surface area contributed by atoms with Crippen LogP contribution in [0.25, 0.3) is 0 Å². The summed E-state index contributed by atoms with van der Waals surface area (Å²) in [4.78, 5) is 23.7. The van der Waals surface area contributed by atoms with Crippen LogP contribution < -0.4 is 21.3 Å². The Hall–Kier alpha value is -1.05. The number of nitrogens with zero attached hydrogens (tertiary/aromatic N) is 1. The van der Waals surface area contributed by atoms with Crippen LogP contribution in [0.5, 0.6) is 5.75 Å². The third-order valence-electron chi connectivity index (χ3n) is 4.69. The summed E-state index contributed by atoms with van der Waals surface area (Å²) >= 11 is 3.43. The van der Waals surface area contributed by atoms with E-state index in [9.17, 15) is 9.59 Å². The number of ether oxygens (including phenoxy) is 1. The van der Waals surface area contributed by atoms with Crippen molar-refractivity contribution in [1.29, 1.82) is 0 Å². The molecule has 2 fully saturated rings. The van der Waals surface area contributed by atoms with Gasteiger partial charge < -0.3 is 20.4 Å². The monoisotopic (exact) mass is 419 g/mol. The summed E-state index contributed by atoms with van der Waals surface area (Å²) in [6, 6.07) is 1.68. The van der Waals surface area contributed by atoms with Crippen molar-refractivity contribution in [3.05, 3.63) is 27.1 Å². The van der Waals surface area contributed by atoms with Gasteiger partial charge in [-0.1, -0.05) is 0 Å². The Balaban J connectivity index is 0.00000208. The van der Waals surface area contributed by atoms with Gasteiger partial charge in [0.15, 0.2) is 0 Å². The lowest BCUT2D eigenvalue weighted by Crippen LogP contribution is -2.48. The van der Waals surface area contributed by atoms with Gasteiger partial charge in [-0.25, -0.2) is 0 Å². The Kier molecular flexibility index (Phi) is 5.99. The highest BCUT2D eigenvalue weighted by atomic mass is 79.9. The third-order valence-corrected chi connectivity index (χ3v) is 5.28. The first-order chi connectivity index (χ1) is 10.9. The highest BCUT2D eigenvalue weighted by Crippen LogP contribution is 2.33. The van der Waals surface area contributed by atoms with Crippen molar-refractivity contribution in [2.24, 2.45) is 12.8 Å². The summed E-state index contributed by atoms with van der Waals surface area (Å²) in [5.41, 5.74) is 5.20. The Labute approximate surface area is 155 Å². The molecule has 0 spiro atoms. The molecule has 2 aliphatic carbocycles. The molecule has 0 aliphatic heterocycles. The van der Waals surface area contributed by atoms with Crippen LogP contribution in [0.15, 0.2) is 21.5 Å². The molecule has 1 aromatic rings. The van der Waals surface area contributed by atoms with Crippen molar-refractivity contribution in [2.75, 3.05) is 0 Å². The molecule has 1 amide bonds. The second-order valence-electron chi connectivity index (χ2n) is 6.66. The van der Waals surface area contributed by atoms with Gasteiger partial charge in [0, 0.05) is 25.4 Å². The maximum atomic E-state index is 12.0. The van der Waals surface area contributed by atoms with Gasteiger partial charge in [-0.15, -0.1) is 12.4 Å². The van der Waals surface area contributed by atoms with Crippen molar-refractivity contribution in [3.8, 4) is 5.75 Å². The number of rotatable bonds is 4. The number of nitrogens with one attached hydrogen (secondary N) is 1. The molecule has 0 radical (unpaired) electrons. The summed E-state index contributed by atoms with van der Waals surface area (Å²) in [5, 5.41) is 3.05. The standard InChI is InChI=1S/C16H22BrN3O3.ClH/c1-20-9-12(17)13(8-14(20)21)23-11-4-2-10(3-5-11)19-15(22)16(18)6-7-16;/h8-11H,2-7,18H2,1H3,(H,19,22);1H/t10-,11-;. The first-order valence-electron chi connectivity index (χ1n) is 8.00. The number of hydrogen-bond donors (Lipinski definition) is 2. The molecule has 24 heavy (non-hydrogen) atoms. The van der Waals surface area contributed by atoms with Gasteiger partial charge in [-0.05, 0) is 54.5 Å². The van der Waals surface area contributed by atoms with Gasteiger partial charge in [-0.2, -0.15) is 0 Å². The largest absolute Gasteiger partial charge is 0.489 e. The number of nitrogens with two attached hydrogens (primary N) is 1. The number of carbonyl (C=O) groups is 1. The molecular formula is C16H23BrClN3O3. The Morgan fingerprint density at radius 2 is 2.00 bits per heavy atom. The van der Waals surface area contributed by atoms with Crippen molar-refractivity contribution in [2.45, 2.75) is 56.2 Å². The first-order valence-corrected chi connectivity index (χ1v) is 8.79. The number of aryl methyl sites for hydroxylation is 1. The van der Waals surface area contributed by atoms with Crippen molar-refractivity contribution in [1.82, 2.24) is 9.88 Å². The van der Waals surface area contributed by atoms with Gasteiger partial charge in [0.2, 0.25) is 5.91 Å². The van der Waals surface area contributed by atoms with Gasteiger partial charge >= 0.3 is 0 Å². The molecule has 3 rings (SSSR count). The molecular weight excluding hydrogens is 398 g/mol. The number of carbonyl (C=O) groups excluding carboxylic acids is 1. The summed E-state index contributed by atoms with van der Waals surface area (Å²) in [6.45, 7) is 0. The second-order valence-corrected chi connectivity index (χ2v) is 7.51. The van der Waals surface area contributed by atoms with Crippen LogP contribution in [0.1, 0.15) is 38.5 Å². The van der Waals surface area contributed by atoms with Crippen LogP contribution in [0, 0.1) is 0 Å². The van der Waals surface area contributed by atoms with E-state index in [1.807, 2.05) is 0 Å². The molecule has 2 saturated carbocycles. The van der Waals surface area contributed by atoms with Crippen LogP contribution in [-0.2, 0) is 11.8 Å². The van der Waals surface area contributed by atoms with E-state index in [-0.39, 0.29) is 36.0 Å². The number of hydrogen-bond acceptors (Lipinski definition) is 4. The highest BCUT2D eigenvalue weighted by molar-refractivity contribution is 9.10. The molecule has 0 aromatic carbocycles. The quantitative estimate of drug-likeness (QED) is 0.778. The molecule has 0 unspecified atom stereocenters. The zero-order chi connectivity index (χ0) is 16.6. The SMILES string of the molecule is Cl.Cn1cc(Br)c(O[C@H]2CC[C@H](NC(=O)C3(N)CC3)CC2)cc1=O. The summed E-state index contributed by atoms with van der Waals surface area (Å²) in [5.74, 6) is 0.565. The number of aromatic nitrogens is 1. The number of pyridine rings is 1. The number of amides is 1. The summed E-state index contributed by atoms with van der Waals surface area (Å²) in [6.07, 6.45) is 6.79. The fourth-order valence-electron chi connectivity index (χ4n) is 2.87. The minimum Gasteiger partial charge on any atom is -0.489 e. The second kappa shape index (κ2) is 7.45. The molecule has 0 bridgehead atoms. The van der Waals surface area contributed by atoms with E-state index in [0.29, 0.717) is 5.75 Å². The minimum absolute atomic E-state index is 0. The van der Waals surface area contributed by atoms with Crippen LogP contribution >= 0.6 is 28.3 Å². The Morgan fingerprint density at radius 1 is 1.38 bits per heavy atom. The molecule has 1 heterocycles. The van der Waals surface area contributed by atoms with Gasteiger partial charge in [0.05, 0.1) is 16.1 Å². The van der Waals surface area contributed by atoms with E-state index < -0.39 is 5.54 Å². The van der Waals surface area contributed by atoms with E-state index in [4.69, 9.17) is 10.5 Å². The van der Waals surface area contributed by atoms with Gasteiger partial charge in [0.25, 0.3) is 5.56 Å². The lowest BCUT2D eigenvalue weighted by molar-refractivity contribution is -0.124. The number of halogens is 2. The molecule has 0 saturated heterocycles. The fourth-order valence-corrected chi connectivity index (χ4v) is 3.38. The van der Waals surface area contributed by atoms with E-state index >= 15 is 0 Å².